The SMILES string of the molecule is CC1CCN(C(=O)C2(C(=O)O)CC2)CC1(C)C. The first kappa shape index (κ1) is 12.4. The van der Waals surface area contributed by atoms with Gasteiger partial charge in [-0.05, 0) is 30.6 Å². The average Bonchev–Trinajstić information content (AvgIpc) is 3.02. The first-order valence-corrected chi connectivity index (χ1v) is 6.32. The highest BCUT2D eigenvalue weighted by Gasteiger charge is 2.59. The topological polar surface area (TPSA) is 57.6 Å². The minimum atomic E-state index is -1.07. The third kappa shape index (κ3) is 1.94. The van der Waals surface area contributed by atoms with Crippen molar-refractivity contribution in [2.45, 2.75) is 40.0 Å². The van der Waals surface area contributed by atoms with Crippen LogP contribution in [0.15, 0.2) is 0 Å². The lowest BCUT2D eigenvalue weighted by atomic mass is 9.75. The van der Waals surface area contributed by atoms with E-state index in [1.807, 2.05) is 0 Å². The molecule has 1 saturated carbocycles. The lowest BCUT2D eigenvalue weighted by Gasteiger charge is -2.43. The van der Waals surface area contributed by atoms with E-state index < -0.39 is 11.4 Å². The van der Waals surface area contributed by atoms with Crippen LogP contribution in [0.2, 0.25) is 0 Å². The number of hydrogen-bond donors (Lipinski definition) is 1. The number of carboxylic acid groups (broad SMARTS) is 1. The molecule has 96 valence electrons. The molecule has 2 rings (SSSR count). The van der Waals surface area contributed by atoms with Crippen LogP contribution in [0.1, 0.15) is 40.0 Å². The molecule has 0 aromatic rings. The highest BCUT2D eigenvalue weighted by atomic mass is 16.4. The van der Waals surface area contributed by atoms with Crippen molar-refractivity contribution in [3.05, 3.63) is 0 Å². The van der Waals surface area contributed by atoms with Crippen molar-refractivity contribution in [3.8, 4) is 0 Å². The molecule has 17 heavy (non-hydrogen) atoms. The third-order valence-electron chi connectivity index (χ3n) is 4.62. The fourth-order valence-electron chi connectivity index (χ4n) is 2.59. The monoisotopic (exact) mass is 239 g/mol. The number of aliphatic carboxylic acids is 1. The first-order chi connectivity index (χ1) is 7.79. The molecule has 0 bridgehead atoms. The van der Waals surface area contributed by atoms with Gasteiger partial charge in [0.1, 0.15) is 5.41 Å². The van der Waals surface area contributed by atoms with Crippen LogP contribution in [0.4, 0.5) is 0 Å². The number of carbonyl (C=O) groups excluding carboxylic acids is 1. The summed E-state index contributed by atoms with van der Waals surface area (Å²) in [6.45, 7) is 7.89. The molecular formula is C13H21NO3. The van der Waals surface area contributed by atoms with Gasteiger partial charge in [-0.25, -0.2) is 0 Å². The van der Waals surface area contributed by atoms with Gasteiger partial charge in [0, 0.05) is 13.1 Å². The van der Waals surface area contributed by atoms with Crippen LogP contribution in [-0.4, -0.2) is 35.0 Å². The molecule has 0 aromatic heterocycles. The van der Waals surface area contributed by atoms with E-state index in [0.29, 0.717) is 31.8 Å². The number of carboxylic acids is 1. The summed E-state index contributed by atoms with van der Waals surface area (Å²) in [5, 5.41) is 9.14. The molecule has 2 aliphatic rings. The van der Waals surface area contributed by atoms with E-state index in [1.54, 1.807) is 4.90 Å². The molecule has 1 atom stereocenters. The second-order valence-electron chi connectivity index (χ2n) is 6.29. The van der Waals surface area contributed by atoms with Crippen LogP contribution < -0.4 is 0 Å². The van der Waals surface area contributed by atoms with Gasteiger partial charge in [-0.2, -0.15) is 0 Å². The molecule has 2 fully saturated rings. The molecule has 1 aliphatic heterocycles. The minimum Gasteiger partial charge on any atom is -0.480 e. The Morgan fingerprint density at radius 2 is 1.88 bits per heavy atom. The van der Waals surface area contributed by atoms with Crippen molar-refractivity contribution >= 4 is 11.9 Å². The highest BCUT2D eigenvalue weighted by molar-refractivity contribution is 6.04. The van der Waals surface area contributed by atoms with Crippen LogP contribution >= 0.6 is 0 Å². The Kier molecular flexibility index (Phi) is 2.71. The zero-order valence-corrected chi connectivity index (χ0v) is 10.8. The van der Waals surface area contributed by atoms with E-state index in [2.05, 4.69) is 20.8 Å². The minimum absolute atomic E-state index is 0.0858. The predicted molar refractivity (Wildman–Crippen MR) is 63.4 cm³/mol. The van der Waals surface area contributed by atoms with E-state index in [9.17, 15) is 9.59 Å². The average molecular weight is 239 g/mol. The standard InChI is InChI=1S/C13H21NO3/c1-9-4-7-14(8-12(9,2)3)10(15)13(5-6-13)11(16)17/h9H,4-8H2,1-3H3,(H,16,17). The zero-order chi connectivity index (χ0) is 12.8. The number of hydrogen-bond acceptors (Lipinski definition) is 2. The van der Waals surface area contributed by atoms with E-state index >= 15 is 0 Å². The van der Waals surface area contributed by atoms with E-state index in [1.165, 1.54) is 0 Å². The molecule has 4 nitrogen and oxygen atoms in total. The van der Waals surface area contributed by atoms with Gasteiger partial charge in [-0.15, -0.1) is 0 Å². The van der Waals surface area contributed by atoms with Crippen LogP contribution in [-0.2, 0) is 9.59 Å². The van der Waals surface area contributed by atoms with Gasteiger partial charge in [0.15, 0.2) is 0 Å². The number of rotatable bonds is 2. The van der Waals surface area contributed by atoms with Crippen LogP contribution in [0.5, 0.6) is 0 Å². The number of likely N-dealkylation sites (tertiary alicyclic amines) is 1. The molecule has 0 spiro atoms. The summed E-state index contributed by atoms with van der Waals surface area (Å²) >= 11 is 0. The fraction of sp³-hybridized carbons (Fsp3) is 0.846. The summed E-state index contributed by atoms with van der Waals surface area (Å²) in [6.07, 6.45) is 1.98. The van der Waals surface area contributed by atoms with Crippen molar-refractivity contribution in [1.29, 1.82) is 0 Å². The molecule has 1 unspecified atom stereocenters. The third-order valence-corrected chi connectivity index (χ3v) is 4.62. The van der Waals surface area contributed by atoms with Crippen molar-refractivity contribution in [1.82, 2.24) is 4.90 Å². The van der Waals surface area contributed by atoms with Crippen LogP contribution in [0.25, 0.3) is 0 Å². The predicted octanol–water partition coefficient (Wildman–Crippen LogP) is 1.75. The summed E-state index contributed by atoms with van der Waals surface area (Å²) in [5.41, 5.74) is -0.987. The molecule has 1 aliphatic carbocycles. The molecule has 4 heteroatoms. The van der Waals surface area contributed by atoms with Crippen molar-refractivity contribution < 1.29 is 14.7 Å². The highest BCUT2D eigenvalue weighted by Crippen LogP contribution is 2.48. The summed E-state index contributed by atoms with van der Waals surface area (Å²) in [7, 11) is 0. The van der Waals surface area contributed by atoms with Crippen LogP contribution in [0.3, 0.4) is 0 Å². The van der Waals surface area contributed by atoms with Gasteiger partial charge in [0.25, 0.3) is 0 Å². The van der Waals surface area contributed by atoms with Gasteiger partial charge in [-0.3, -0.25) is 9.59 Å². The molecule has 1 N–H and O–H groups in total. The normalized spacial score (nSPS) is 29.8. The quantitative estimate of drug-likeness (QED) is 0.747. The van der Waals surface area contributed by atoms with Gasteiger partial charge in [-0.1, -0.05) is 20.8 Å². The first-order valence-electron chi connectivity index (χ1n) is 6.32. The summed E-state index contributed by atoms with van der Waals surface area (Å²) in [4.78, 5) is 25.2. The van der Waals surface area contributed by atoms with Gasteiger partial charge < -0.3 is 10.0 Å². The Morgan fingerprint density at radius 1 is 1.29 bits per heavy atom. The molecule has 1 amide bonds. The van der Waals surface area contributed by atoms with Crippen molar-refractivity contribution in [2.24, 2.45) is 16.7 Å². The fourth-order valence-corrected chi connectivity index (χ4v) is 2.59. The smallest absolute Gasteiger partial charge is 0.319 e. The summed E-state index contributed by atoms with van der Waals surface area (Å²) < 4.78 is 0. The van der Waals surface area contributed by atoms with Crippen molar-refractivity contribution in [3.63, 3.8) is 0 Å². The largest absolute Gasteiger partial charge is 0.480 e. The molecular weight excluding hydrogens is 218 g/mol. The van der Waals surface area contributed by atoms with E-state index in [-0.39, 0.29) is 11.3 Å². The Bertz CT molecular complexity index is 358. The summed E-state index contributed by atoms with van der Waals surface area (Å²) in [5.74, 6) is -0.532. The lowest BCUT2D eigenvalue weighted by Crippen LogP contribution is -2.51. The number of amides is 1. The maximum absolute atomic E-state index is 12.3. The maximum atomic E-state index is 12.3. The molecule has 0 radical (unpaired) electrons. The van der Waals surface area contributed by atoms with Gasteiger partial charge in [0.2, 0.25) is 5.91 Å². The second kappa shape index (κ2) is 3.72. The summed E-state index contributed by atoms with van der Waals surface area (Å²) in [6, 6.07) is 0. The number of piperidine rings is 1. The second-order valence-corrected chi connectivity index (χ2v) is 6.29. The van der Waals surface area contributed by atoms with Crippen LogP contribution in [0, 0.1) is 16.7 Å². The number of carbonyl (C=O) groups is 2. The maximum Gasteiger partial charge on any atom is 0.319 e. The Balaban J connectivity index is 2.10. The zero-order valence-electron chi connectivity index (χ0n) is 10.8. The molecule has 1 heterocycles. The number of nitrogens with zero attached hydrogens (tertiary/aromatic N) is 1. The van der Waals surface area contributed by atoms with Gasteiger partial charge >= 0.3 is 5.97 Å². The molecule has 0 aromatic carbocycles. The van der Waals surface area contributed by atoms with Gasteiger partial charge in [0.05, 0.1) is 0 Å². The Morgan fingerprint density at radius 3 is 2.29 bits per heavy atom. The van der Waals surface area contributed by atoms with E-state index in [0.717, 1.165) is 6.42 Å². The lowest BCUT2D eigenvalue weighted by molar-refractivity contribution is -0.155. The Labute approximate surface area is 102 Å². The van der Waals surface area contributed by atoms with Crippen molar-refractivity contribution in [2.75, 3.05) is 13.1 Å². The van der Waals surface area contributed by atoms with E-state index in [4.69, 9.17) is 5.11 Å². The molecule has 1 saturated heterocycles. The Hall–Kier alpha value is -1.06.